The van der Waals surface area contributed by atoms with Crippen LogP contribution in [-0.2, 0) is 6.54 Å². The summed E-state index contributed by atoms with van der Waals surface area (Å²) in [5.41, 5.74) is 2.89. The highest BCUT2D eigenvalue weighted by Crippen LogP contribution is 2.33. The van der Waals surface area contributed by atoms with Crippen LogP contribution in [0.1, 0.15) is 32.3 Å². The zero-order valence-electron chi connectivity index (χ0n) is 12.0. The van der Waals surface area contributed by atoms with Gasteiger partial charge in [-0.2, -0.15) is 11.8 Å². The Labute approximate surface area is 121 Å². The molecule has 1 saturated heterocycles. The molecule has 1 aromatic carbocycles. The van der Waals surface area contributed by atoms with Crippen molar-refractivity contribution in [2.45, 2.75) is 44.0 Å². The number of rotatable bonds is 4. The highest BCUT2D eigenvalue weighted by atomic mass is 32.2. The molecule has 0 radical (unpaired) electrons. The van der Waals surface area contributed by atoms with Gasteiger partial charge >= 0.3 is 0 Å². The summed E-state index contributed by atoms with van der Waals surface area (Å²) in [7, 11) is 0. The maximum Gasteiger partial charge on any atom is 0.0412 e. The number of para-hydroxylation sites is 1. The standard InChI is InChI=1S/C16H24N2S/c1-16(2)12-18(9-10-19-16)15-6-4-3-5-13(15)11-17-14-7-8-14/h3-6,14,17H,7-12H2,1-2H3. The van der Waals surface area contributed by atoms with Gasteiger partial charge in [0.15, 0.2) is 0 Å². The third-order valence-electron chi connectivity index (χ3n) is 3.92. The predicted molar refractivity (Wildman–Crippen MR) is 85.1 cm³/mol. The van der Waals surface area contributed by atoms with Crippen molar-refractivity contribution in [3.8, 4) is 0 Å². The summed E-state index contributed by atoms with van der Waals surface area (Å²) in [4.78, 5) is 2.57. The van der Waals surface area contributed by atoms with Gasteiger partial charge in [0.25, 0.3) is 0 Å². The van der Waals surface area contributed by atoms with Gasteiger partial charge in [0.1, 0.15) is 0 Å². The fraction of sp³-hybridized carbons (Fsp3) is 0.625. The maximum atomic E-state index is 3.64. The zero-order valence-corrected chi connectivity index (χ0v) is 12.8. The fourth-order valence-electron chi connectivity index (χ4n) is 2.73. The summed E-state index contributed by atoms with van der Waals surface area (Å²) in [5, 5.41) is 3.64. The zero-order chi connectivity index (χ0) is 13.3. The molecule has 1 N–H and O–H groups in total. The van der Waals surface area contributed by atoms with E-state index in [0.29, 0.717) is 4.75 Å². The van der Waals surface area contributed by atoms with E-state index in [-0.39, 0.29) is 0 Å². The van der Waals surface area contributed by atoms with Gasteiger partial charge in [0.2, 0.25) is 0 Å². The Morgan fingerprint density at radius 3 is 2.84 bits per heavy atom. The van der Waals surface area contributed by atoms with Crippen molar-refractivity contribution >= 4 is 17.4 Å². The molecule has 1 aliphatic carbocycles. The maximum absolute atomic E-state index is 3.64. The summed E-state index contributed by atoms with van der Waals surface area (Å²) in [6, 6.07) is 9.68. The van der Waals surface area contributed by atoms with E-state index >= 15 is 0 Å². The minimum absolute atomic E-state index is 0.370. The third kappa shape index (κ3) is 3.46. The molecule has 1 heterocycles. The van der Waals surface area contributed by atoms with Crippen LogP contribution in [0.25, 0.3) is 0 Å². The summed E-state index contributed by atoms with van der Waals surface area (Å²) in [5.74, 6) is 1.23. The molecule has 104 valence electrons. The first-order valence-electron chi connectivity index (χ1n) is 7.34. The predicted octanol–water partition coefficient (Wildman–Crippen LogP) is 3.27. The smallest absolute Gasteiger partial charge is 0.0412 e. The van der Waals surface area contributed by atoms with Crippen molar-refractivity contribution in [1.29, 1.82) is 0 Å². The summed E-state index contributed by atoms with van der Waals surface area (Å²) in [6.07, 6.45) is 2.71. The summed E-state index contributed by atoms with van der Waals surface area (Å²) >= 11 is 2.10. The Morgan fingerprint density at radius 1 is 1.32 bits per heavy atom. The fourth-order valence-corrected chi connectivity index (χ4v) is 3.84. The Balaban J connectivity index is 1.74. The minimum Gasteiger partial charge on any atom is -0.369 e. The van der Waals surface area contributed by atoms with Crippen molar-refractivity contribution in [1.82, 2.24) is 5.32 Å². The molecule has 3 heteroatoms. The van der Waals surface area contributed by atoms with Gasteiger partial charge in [-0.1, -0.05) is 18.2 Å². The average Bonchev–Trinajstić information content (AvgIpc) is 3.19. The van der Waals surface area contributed by atoms with Gasteiger partial charge in [-0.15, -0.1) is 0 Å². The molecule has 2 nitrogen and oxygen atoms in total. The van der Waals surface area contributed by atoms with Gasteiger partial charge in [-0.05, 0) is 38.3 Å². The van der Waals surface area contributed by atoms with Crippen LogP contribution in [-0.4, -0.2) is 29.6 Å². The molecular formula is C16H24N2S. The van der Waals surface area contributed by atoms with E-state index in [0.717, 1.165) is 19.1 Å². The van der Waals surface area contributed by atoms with Crippen molar-refractivity contribution in [2.75, 3.05) is 23.7 Å². The van der Waals surface area contributed by atoms with Crippen LogP contribution in [0.5, 0.6) is 0 Å². The van der Waals surface area contributed by atoms with E-state index in [2.05, 4.69) is 60.1 Å². The highest BCUT2D eigenvalue weighted by molar-refractivity contribution is 8.00. The Hall–Kier alpha value is -0.670. The number of nitrogens with one attached hydrogen (secondary N) is 1. The lowest BCUT2D eigenvalue weighted by atomic mass is 10.1. The highest BCUT2D eigenvalue weighted by Gasteiger charge is 2.28. The summed E-state index contributed by atoms with van der Waals surface area (Å²) < 4.78 is 0.370. The molecule has 0 unspecified atom stereocenters. The molecule has 1 aliphatic heterocycles. The van der Waals surface area contributed by atoms with Crippen molar-refractivity contribution in [3.05, 3.63) is 29.8 Å². The second-order valence-electron chi connectivity index (χ2n) is 6.31. The van der Waals surface area contributed by atoms with Crippen LogP contribution in [0.2, 0.25) is 0 Å². The van der Waals surface area contributed by atoms with E-state index in [1.807, 2.05) is 0 Å². The van der Waals surface area contributed by atoms with Gasteiger partial charge < -0.3 is 10.2 Å². The van der Waals surface area contributed by atoms with E-state index in [1.165, 1.54) is 36.4 Å². The average molecular weight is 276 g/mol. The third-order valence-corrected chi connectivity index (χ3v) is 5.21. The number of hydrogen-bond donors (Lipinski definition) is 1. The van der Waals surface area contributed by atoms with Crippen LogP contribution in [0, 0.1) is 0 Å². The van der Waals surface area contributed by atoms with E-state index < -0.39 is 0 Å². The van der Waals surface area contributed by atoms with Crippen LogP contribution in [0.4, 0.5) is 5.69 Å². The molecule has 0 atom stereocenters. The normalized spacial score (nSPS) is 22.5. The first kappa shape index (κ1) is 13.3. The number of nitrogens with zero attached hydrogens (tertiary/aromatic N) is 1. The van der Waals surface area contributed by atoms with E-state index in [9.17, 15) is 0 Å². The molecule has 0 amide bonds. The lowest BCUT2D eigenvalue weighted by molar-refractivity contribution is 0.638. The molecule has 19 heavy (non-hydrogen) atoms. The Morgan fingerprint density at radius 2 is 2.11 bits per heavy atom. The SMILES string of the molecule is CC1(C)CN(c2ccccc2CNC2CC2)CCS1. The number of anilines is 1. The van der Waals surface area contributed by atoms with Crippen LogP contribution in [0.3, 0.4) is 0 Å². The van der Waals surface area contributed by atoms with E-state index in [4.69, 9.17) is 0 Å². The first-order valence-corrected chi connectivity index (χ1v) is 8.33. The first-order chi connectivity index (χ1) is 9.14. The summed E-state index contributed by atoms with van der Waals surface area (Å²) in [6.45, 7) is 8.06. The number of hydrogen-bond acceptors (Lipinski definition) is 3. The van der Waals surface area contributed by atoms with Crippen molar-refractivity contribution in [3.63, 3.8) is 0 Å². The lowest BCUT2D eigenvalue weighted by Gasteiger charge is -2.39. The molecular weight excluding hydrogens is 252 g/mol. The molecule has 0 aromatic heterocycles. The molecule has 2 aliphatic rings. The van der Waals surface area contributed by atoms with Crippen LogP contribution >= 0.6 is 11.8 Å². The molecule has 1 aromatic rings. The van der Waals surface area contributed by atoms with Gasteiger partial charge in [0.05, 0.1) is 0 Å². The van der Waals surface area contributed by atoms with Crippen LogP contribution in [0.15, 0.2) is 24.3 Å². The second kappa shape index (κ2) is 5.37. The molecule has 3 rings (SSSR count). The molecule has 0 bridgehead atoms. The minimum atomic E-state index is 0.370. The number of benzene rings is 1. The Kier molecular flexibility index (Phi) is 3.77. The van der Waals surface area contributed by atoms with Crippen molar-refractivity contribution < 1.29 is 0 Å². The lowest BCUT2D eigenvalue weighted by Crippen LogP contribution is -2.43. The second-order valence-corrected chi connectivity index (χ2v) is 8.12. The van der Waals surface area contributed by atoms with Crippen molar-refractivity contribution in [2.24, 2.45) is 0 Å². The largest absolute Gasteiger partial charge is 0.369 e. The quantitative estimate of drug-likeness (QED) is 0.908. The molecule has 0 spiro atoms. The number of thioether (sulfide) groups is 1. The van der Waals surface area contributed by atoms with Gasteiger partial charge in [-0.25, -0.2) is 0 Å². The van der Waals surface area contributed by atoms with E-state index in [1.54, 1.807) is 0 Å². The Bertz CT molecular complexity index is 440. The van der Waals surface area contributed by atoms with Crippen LogP contribution < -0.4 is 10.2 Å². The van der Waals surface area contributed by atoms with Gasteiger partial charge in [0, 0.05) is 41.9 Å². The monoisotopic (exact) mass is 276 g/mol. The molecule has 1 saturated carbocycles. The molecule has 2 fully saturated rings. The topological polar surface area (TPSA) is 15.3 Å². The van der Waals surface area contributed by atoms with Gasteiger partial charge in [-0.3, -0.25) is 0 Å².